The normalized spacial score (nSPS) is 13.3. The lowest BCUT2D eigenvalue weighted by molar-refractivity contribution is -0.132. The summed E-state index contributed by atoms with van der Waals surface area (Å²) in [5.74, 6) is -0.711. The van der Waals surface area contributed by atoms with Gasteiger partial charge < -0.3 is 20.1 Å². The van der Waals surface area contributed by atoms with Gasteiger partial charge in [-0.05, 0) is 48.9 Å². The second kappa shape index (κ2) is 15.3. The average molecular weight is 606 g/mol. The molecule has 1 unspecified atom stereocenters. The molecule has 0 fully saturated rings. The van der Waals surface area contributed by atoms with Crippen LogP contribution in [0.4, 0.5) is 4.79 Å². The number of carbonyl (C=O) groups excluding carboxylic acids is 3. The molecule has 1 heterocycles. The summed E-state index contributed by atoms with van der Waals surface area (Å²) in [6.07, 6.45) is -0.626. The van der Waals surface area contributed by atoms with Crippen molar-refractivity contribution in [3.05, 3.63) is 94.5 Å². The van der Waals surface area contributed by atoms with E-state index >= 15 is 0 Å². The summed E-state index contributed by atoms with van der Waals surface area (Å²) >= 11 is 6.44. The Kier molecular flexibility index (Phi) is 11.2. The fourth-order valence-corrected chi connectivity index (χ4v) is 4.88. The number of alkyl carbamates (subject to hydrolysis) is 1. The number of hydrogen-bond donors (Lipinski definition) is 3. The van der Waals surface area contributed by atoms with Crippen LogP contribution in [0.25, 0.3) is 11.0 Å². The third kappa shape index (κ3) is 9.36. The maximum Gasteiger partial charge on any atom is 0.408 e. The van der Waals surface area contributed by atoms with Gasteiger partial charge in [-0.1, -0.05) is 91.3 Å². The first-order valence-electron chi connectivity index (χ1n) is 14.2. The Hall–Kier alpha value is -4.28. The standard InChI is InChI=1S/C32H36ClN5O5/c1-20(2)14-29(35-32(41)43-18-23-12-8-5-9-13-23)31(40)34-28(15-22-10-6-4-7-11-22)30(39)19-42-21(3)24-16-26-27(17-25(24)33)37-38-36-26/h4-13,16-17,20-21,28-29H,14-15,18-19H2,1-3H3,(H,34,40)(H,35,41)(H,36,37,38)/t21?,28-,29-/m0/s1. The number of carbonyl (C=O) groups is 3. The van der Waals surface area contributed by atoms with Gasteiger partial charge in [-0.15, -0.1) is 5.10 Å². The van der Waals surface area contributed by atoms with Crippen molar-refractivity contribution in [1.29, 1.82) is 0 Å². The molecule has 4 aromatic rings. The van der Waals surface area contributed by atoms with Crippen LogP contribution in [0.2, 0.25) is 5.02 Å². The van der Waals surface area contributed by atoms with E-state index in [9.17, 15) is 14.4 Å². The molecule has 4 rings (SSSR count). The second-order valence-electron chi connectivity index (χ2n) is 10.8. The number of Topliss-reactive ketones (excluding diaryl/α,β-unsaturated/α-hetero) is 1. The number of halogens is 1. The van der Waals surface area contributed by atoms with Gasteiger partial charge in [-0.3, -0.25) is 14.7 Å². The van der Waals surface area contributed by atoms with Crippen molar-refractivity contribution in [2.24, 2.45) is 5.92 Å². The first kappa shape index (κ1) is 31.7. The Bertz CT molecular complexity index is 1510. The van der Waals surface area contributed by atoms with Crippen LogP contribution in [0, 0.1) is 5.92 Å². The summed E-state index contributed by atoms with van der Waals surface area (Å²) in [5, 5.41) is 16.5. The number of ketones is 1. The zero-order valence-corrected chi connectivity index (χ0v) is 25.1. The Morgan fingerprint density at radius 2 is 1.58 bits per heavy atom. The number of aromatic nitrogens is 3. The summed E-state index contributed by atoms with van der Waals surface area (Å²) in [6, 6.07) is 20.3. The lowest BCUT2D eigenvalue weighted by Crippen LogP contribution is -2.53. The molecule has 0 saturated heterocycles. The Labute approximate surface area is 255 Å². The molecule has 3 N–H and O–H groups in total. The predicted molar refractivity (Wildman–Crippen MR) is 163 cm³/mol. The van der Waals surface area contributed by atoms with Crippen molar-refractivity contribution in [2.45, 2.75) is 58.4 Å². The maximum atomic E-state index is 13.5. The SMILES string of the molecule is CC(C)C[C@H](NC(=O)OCc1ccccc1)C(=O)N[C@@H](Cc1ccccc1)C(=O)COC(C)c1cc2[nH]nnc2cc1Cl. The van der Waals surface area contributed by atoms with Crippen LogP contribution in [-0.4, -0.2) is 51.9 Å². The van der Waals surface area contributed by atoms with E-state index in [4.69, 9.17) is 21.1 Å². The smallest absolute Gasteiger partial charge is 0.408 e. The number of nitrogens with zero attached hydrogens (tertiary/aromatic N) is 2. The quantitative estimate of drug-likeness (QED) is 0.177. The van der Waals surface area contributed by atoms with E-state index in [1.165, 1.54) is 0 Å². The highest BCUT2D eigenvalue weighted by atomic mass is 35.5. The third-order valence-electron chi connectivity index (χ3n) is 6.87. The summed E-state index contributed by atoms with van der Waals surface area (Å²) in [5.41, 5.74) is 3.68. The minimum Gasteiger partial charge on any atom is -0.445 e. The number of hydrogen-bond acceptors (Lipinski definition) is 7. The molecule has 3 aromatic carbocycles. The van der Waals surface area contributed by atoms with Gasteiger partial charge >= 0.3 is 6.09 Å². The summed E-state index contributed by atoms with van der Waals surface area (Å²) in [4.78, 5) is 39.6. The topological polar surface area (TPSA) is 135 Å². The number of nitrogens with one attached hydrogen (secondary N) is 3. The molecule has 11 heteroatoms. The lowest BCUT2D eigenvalue weighted by atomic mass is 10.00. The van der Waals surface area contributed by atoms with Crippen molar-refractivity contribution in [3.8, 4) is 0 Å². The number of fused-ring (bicyclic) bond motifs is 1. The molecule has 0 bridgehead atoms. The first-order valence-corrected chi connectivity index (χ1v) is 14.5. The fraction of sp³-hybridized carbons (Fsp3) is 0.344. The number of aromatic amines is 1. The molecule has 1 aromatic heterocycles. The van der Waals surface area contributed by atoms with E-state index in [1.54, 1.807) is 19.1 Å². The maximum absolute atomic E-state index is 13.5. The van der Waals surface area contributed by atoms with Gasteiger partial charge in [0.2, 0.25) is 5.91 Å². The van der Waals surface area contributed by atoms with Crippen LogP contribution in [0.15, 0.2) is 72.8 Å². The van der Waals surface area contributed by atoms with Gasteiger partial charge in [0.15, 0.2) is 5.78 Å². The number of ether oxygens (including phenoxy) is 2. The van der Waals surface area contributed by atoms with Gasteiger partial charge in [0.05, 0.1) is 17.7 Å². The van der Waals surface area contributed by atoms with E-state index in [0.29, 0.717) is 28.0 Å². The second-order valence-corrected chi connectivity index (χ2v) is 11.2. The van der Waals surface area contributed by atoms with E-state index in [1.807, 2.05) is 74.5 Å². The van der Waals surface area contributed by atoms with Crippen LogP contribution in [-0.2, 0) is 32.1 Å². The highest BCUT2D eigenvalue weighted by Crippen LogP contribution is 2.28. The third-order valence-corrected chi connectivity index (χ3v) is 7.20. The van der Waals surface area contributed by atoms with Gasteiger partial charge in [-0.2, -0.15) is 0 Å². The average Bonchev–Trinajstić information content (AvgIpc) is 3.45. The van der Waals surface area contributed by atoms with Crippen molar-refractivity contribution in [3.63, 3.8) is 0 Å². The molecule has 10 nitrogen and oxygen atoms in total. The Morgan fingerprint density at radius 1 is 0.907 bits per heavy atom. The molecule has 0 aliphatic rings. The van der Waals surface area contributed by atoms with Crippen LogP contribution in [0.3, 0.4) is 0 Å². The molecule has 2 amide bonds. The highest BCUT2D eigenvalue weighted by Gasteiger charge is 2.28. The van der Waals surface area contributed by atoms with Crippen molar-refractivity contribution in [1.82, 2.24) is 26.0 Å². The van der Waals surface area contributed by atoms with Gasteiger partial charge in [0, 0.05) is 10.6 Å². The molecule has 0 saturated carbocycles. The molecular formula is C32H36ClN5O5. The van der Waals surface area contributed by atoms with Crippen molar-refractivity contribution in [2.75, 3.05) is 6.61 Å². The van der Waals surface area contributed by atoms with Crippen LogP contribution in [0.5, 0.6) is 0 Å². The largest absolute Gasteiger partial charge is 0.445 e. The summed E-state index contributed by atoms with van der Waals surface area (Å²) in [6.45, 7) is 5.48. The van der Waals surface area contributed by atoms with E-state index in [-0.39, 0.29) is 31.3 Å². The van der Waals surface area contributed by atoms with Gasteiger partial charge in [0.1, 0.15) is 24.8 Å². The number of benzene rings is 3. The molecule has 0 radical (unpaired) electrons. The molecular weight excluding hydrogens is 570 g/mol. The Balaban J connectivity index is 1.43. The van der Waals surface area contributed by atoms with E-state index in [0.717, 1.165) is 11.1 Å². The summed E-state index contributed by atoms with van der Waals surface area (Å²) < 4.78 is 11.3. The first-order chi connectivity index (χ1) is 20.7. The Morgan fingerprint density at radius 3 is 2.26 bits per heavy atom. The summed E-state index contributed by atoms with van der Waals surface area (Å²) in [7, 11) is 0. The van der Waals surface area contributed by atoms with E-state index in [2.05, 4.69) is 26.0 Å². The lowest BCUT2D eigenvalue weighted by Gasteiger charge is -2.24. The number of H-pyrrole nitrogens is 1. The van der Waals surface area contributed by atoms with E-state index < -0.39 is 30.2 Å². The predicted octanol–water partition coefficient (Wildman–Crippen LogP) is 5.33. The highest BCUT2D eigenvalue weighted by molar-refractivity contribution is 6.32. The molecule has 226 valence electrons. The van der Waals surface area contributed by atoms with Gasteiger partial charge in [-0.25, -0.2) is 4.79 Å². The number of rotatable bonds is 14. The van der Waals surface area contributed by atoms with Gasteiger partial charge in [0.25, 0.3) is 0 Å². The van der Waals surface area contributed by atoms with Crippen LogP contribution >= 0.6 is 11.6 Å². The van der Waals surface area contributed by atoms with Crippen molar-refractivity contribution < 1.29 is 23.9 Å². The van der Waals surface area contributed by atoms with Crippen LogP contribution in [0.1, 0.15) is 50.0 Å². The van der Waals surface area contributed by atoms with Crippen molar-refractivity contribution >= 4 is 40.4 Å². The molecule has 0 aliphatic heterocycles. The minimum atomic E-state index is -0.900. The minimum absolute atomic E-state index is 0.0706. The zero-order chi connectivity index (χ0) is 30.8. The monoisotopic (exact) mass is 605 g/mol. The molecule has 43 heavy (non-hydrogen) atoms. The molecule has 0 spiro atoms. The number of amides is 2. The van der Waals surface area contributed by atoms with Crippen LogP contribution < -0.4 is 10.6 Å². The molecule has 0 aliphatic carbocycles. The molecule has 3 atom stereocenters. The zero-order valence-electron chi connectivity index (χ0n) is 24.4. The fourth-order valence-electron chi connectivity index (χ4n) is 4.57.